The lowest BCUT2D eigenvalue weighted by molar-refractivity contribution is -0.145. The van der Waals surface area contributed by atoms with E-state index in [1.807, 2.05) is 0 Å². The van der Waals surface area contributed by atoms with Crippen LogP contribution in [0, 0.1) is 0 Å². The van der Waals surface area contributed by atoms with Crippen molar-refractivity contribution >= 4 is 17.9 Å². The van der Waals surface area contributed by atoms with Crippen LogP contribution in [0.5, 0.6) is 0 Å². The number of carboxylic acid groups (broad SMARTS) is 3. The van der Waals surface area contributed by atoms with Gasteiger partial charge in [0.05, 0.1) is 30.9 Å². The predicted octanol–water partition coefficient (Wildman–Crippen LogP) is -0.325. The maximum atomic E-state index is 11.5. The molecule has 0 spiro atoms. The molecule has 0 amide bonds. The van der Waals surface area contributed by atoms with Crippen molar-refractivity contribution < 1.29 is 39.9 Å². The zero-order valence-electron chi connectivity index (χ0n) is 16.4. The van der Waals surface area contributed by atoms with Gasteiger partial charge in [-0.2, -0.15) is 0 Å². The summed E-state index contributed by atoms with van der Waals surface area (Å²) in [4.78, 5) is 41.0. The summed E-state index contributed by atoms with van der Waals surface area (Å²) in [5.41, 5.74) is 0.501. The minimum atomic E-state index is -1.72. The van der Waals surface area contributed by atoms with Crippen molar-refractivity contribution in [2.45, 2.75) is 50.6 Å². The van der Waals surface area contributed by atoms with E-state index in [-0.39, 0.29) is 37.3 Å². The van der Waals surface area contributed by atoms with Gasteiger partial charge in [-0.3, -0.25) is 24.4 Å². The normalized spacial score (nSPS) is 19.4. The van der Waals surface area contributed by atoms with E-state index < -0.39 is 30.7 Å². The number of rotatable bonds is 11. The Bertz CT molecular complexity index is 740. The van der Waals surface area contributed by atoms with Crippen molar-refractivity contribution in [3.8, 4) is 0 Å². The van der Waals surface area contributed by atoms with E-state index in [1.165, 1.54) is 23.2 Å². The summed E-state index contributed by atoms with van der Waals surface area (Å²) in [5.74, 6) is -3.29. The fourth-order valence-electron chi connectivity index (χ4n) is 3.96. The molecule has 1 fully saturated rings. The number of nitrogens with zero attached hydrogens (tertiary/aromatic N) is 3. The van der Waals surface area contributed by atoms with Crippen molar-refractivity contribution in [1.29, 1.82) is 0 Å². The largest absolute Gasteiger partial charge is 0.480 e. The molecule has 0 aliphatic heterocycles. The van der Waals surface area contributed by atoms with E-state index in [1.54, 1.807) is 4.90 Å². The van der Waals surface area contributed by atoms with E-state index in [0.717, 1.165) is 12.8 Å². The maximum Gasteiger partial charge on any atom is 0.337 e. The lowest BCUT2D eigenvalue weighted by atomic mass is 9.87. The van der Waals surface area contributed by atoms with E-state index in [9.17, 15) is 34.8 Å². The molecule has 2 atom stereocenters. The van der Waals surface area contributed by atoms with Gasteiger partial charge in [-0.05, 0) is 25.0 Å². The third kappa shape index (κ3) is 7.02. The standard InChI is InChI=1S/C19H27N3O8/c23-16(24)9-21(8-13-6-5-12(7-20-13)19(29)30)14-3-1-2-4-15(14)22(10-17(25)26)11-18(27)28/h5-7,14-15,17,25-26H,1-4,8-11H2,(H,23,24)(H,27,28)(H,29,30)/t14-,15?/m0/s1. The van der Waals surface area contributed by atoms with Gasteiger partial charge in [-0.15, -0.1) is 0 Å². The predicted molar refractivity (Wildman–Crippen MR) is 103 cm³/mol. The Kier molecular flexibility index (Phi) is 8.66. The van der Waals surface area contributed by atoms with Crippen LogP contribution in [0.1, 0.15) is 41.7 Å². The first-order valence-corrected chi connectivity index (χ1v) is 9.63. The summed E-state index contributed by atoms with van der Waals surface area (Å²) in [6.45, 7) is -0.840. The van der Waals surface area contributed by atoms with Crippen LogP contribution in [-0.4, -0.2) is 96.2 Å². The van der Waals surface area contributed by atoms with Crippen molar-refractivity contribution in [2.24, 2.45) is 0 Å². The molecule has 166 valence electrons. The Hall–Kier alpha value is -2.60. The Morgan fingerprint density at radius 2 is 1.53 bits per heavy atom. The number of carbonyl (C=O) groups is 3. The Balaban J connectivity index is 2.27. The van der Waals surface area contributed by atoms with Crippen LogP contribution < -0.4 is 0 Å². The molecule has 2 rings (SSSR count). The highest BCUT2D eigenvalue weighted by molar-refractivity contribution is 5.87. The molecule has 30 heavy (non-hydrogen) atoms. The molecular formula is C19H27N3O8. The number of hydrogen-bond donors (Lipinski definition) is 5. The minimum absolute atomic E-state index is 0.0173. The molecular weight excluding hydrogens is 398 g/mol. The van der Waals surface area contributed by atoms with Crippen LogP contribution >= 0.6 is 0 Å². The number of hydrogen-bond acceptors (Lipinski definition) is 8. The lowest BCUT2D eigenvalue weighted by Crippen LogP contribution is -2.56. The second-order valence-electron chi connectivity index (χ2n) is 7.37. The van der Waals surface area contributed by atoms with Crippen LogP contribution in [-0.2, 0) is 16.1 Å². The molecule has 0 saturated heterocycles. The van der Waals surface area contributed by atoms with Crippen LogP contribution in [0.2, 0.25) is 0 Å². The molecule has 1 aromatic heterocycles. The molecule has 11 heteroatoms. The molecule has 5 N–H and O–H groups in total. The Morgan fingerprint density at radius 1 is 0.967 bits per heavy atom. The highest BCUT2D eigenvalue weighted by atomic mass is 16.5. The second kappa shape index (κ2) is 11.0. The van der Waals surface area contributed by atoms with Gasteiger partial charge >= 0.3 is 17.9 Å². The second-order valence-corrected chi connectivity index (χ2v) is 7.37. The maximum absolute atomic E-state index is 11.5. The SMILES string of the molecule is O=C(O)CN(CC(O)O)C1CCCC[C@@H]1N(CC(=O)O)Cc1ccc(C(=O)O)cn1. The van der Waals surface area contributed by atoms with Crippen molar-refractivity contribution in [1.82, 2.24) is 14.8 Å². The zero-order chi connectivity index (χ0) is 22.3. The number of aromatic carboxylic acids is 1. The average Bonchev–Trinajstić information content (AvgIpc) is 2.66. The van der Waals surface area contributed by atoms with Crippen molar-refractivity contribution in [2.75, 3.05) is 19.6 Å². The molecule has 1 aromatic rings. The number of aliphatic hydroxyl groups excluding tert-OH is 1. The third-order valence-electron chi connectivity index (χ3n) is 5.14. The van der Waals surface area contributed by atoms with E-state index >= 15 is 0 Å². The summed E-state index contributed by atoms with van der Waals surface area (Å²) < 4.78 is 0. The minimum Gasteiger partial charge on any atom is -0.480 e. The van der Waals surface area contributed by atoms with Gasteiger partial charge in [-0.25, -0.2) is 4.79 Å². The number of aliphatic carboxylic acids is 2. The third-order valence-corrected chi connectivity index (χ3v) is 5.14. The smallest absolute Gasteiger partial charge is 0.337 e. The Labute approximate surface area is 173 Å². The van der Waals surface area contributed by atoms with Gasteiger partial charge < -0.3 is 25.5 Å². The number of aromatic nitrogens is 1. The zero-order valence-corrected chi connectivity index (χ0v) is 16.4. The average molecular weight is 425 g/mol. The highest BCUT2D eigenvalue weighted by Crippen LogP contribution is 2.28. The molecule has 1 heterocycles. The van der Waals surface area contributed by atoms with Gasteiger partial charge in [0.15, 0.2) is 6.29 Å². The fraction of sp³-hybridized carbons (Fsp3) is 0.579. The molecule has 1 saturated carbocycles. The van der Waals surface area contributed by atoms with Crippen LogP contribution in [0.4, 0.5) is 0 Å². The number of aliphatic hydroxyl groups is 2. The molecule has 0 aromatic carbocycles. The molecule has 11 nitrogen and oxygen atoms in total. The molecule has 0 radical (unpaired) electrons. The summed E-state index contributed by atoms with van der Waals surface area (Å²) in [5, 5.41) is 46.4. The molecule has 0 bridgehead atoms. The summed E-state index contributed by atoms with van der Waals surface area (Å²) in [7, 11) is 0. The quantitative estimate of drug-likeness (QED) is 0.294. The highest BCUT2D eigenvalue weighted by Gasteiger charge is 2.36. The van der Waals surface area contributed by atoms with E-state index in [2.05, 4.69) is 4.98 Å². The van der Waals surface area contributed by atoms with Gasteiger partial charge in [0, 0.05) is 24.8 Å². The van der Waals surface area contributed by atoms with Gasteiger partial charge in [0.2, 0.25) is 0 Å². The van der Waals surface area contributed by atoms with Crippen LogP contribution in [0.25, 0.3) is 0 Å². The van der Waals surface area contributed by atoms with Gasteiger partial charge in [-0.1, -0.05) is 12.8 Å². The van der Waals surface area contributed by atoms with Gasteiger partial charge in [0.25, 0.3) is 0 Å². The van der Waals surface area contributed by atoms with Crippen LogP contribution in [0.3, 0.4) is 0 Å². The van der Waals surface area contributed by atoms with E-state index in [4.69, 9.17) is 5.11 Å². The molecule has 1 aliphatic carbocycles. The summed E-state index contributed by atoms with van der Waals surface area (Å²) in [6.07, 6.45) is 2.32. The van der Waals surface area contributed by atoms with Gasteiger partial charge in [0.1, 0.15) is 0 Å². The Morgan fingerprint density at radius 3 is 2.00 bits per heavy atom. The first kappa shape index (κ1) is 23.7. The lowest BCUT2D eigenvalue weighted by Gasteiger charge is -2.44. The molecule has 1 unspecified atom stereocenters. The van der Waals surface area contributed by atoms with E-state index in [0.29, 0.717) is 18.5 Å². The first-order chi connectivity index (χ1) is 14.2. The summed E-state index contributed by atoms with van der Waals surface area (Å²) in [6, 6.07) is 2.19. The summed E-state index contributed by atoms with van der Waals surface area (Å²) >= 11 is 0. The number of carboxylic acids is 3. The van der Waals surface area contributed by atoms with Crippen molar-refractivity contribution in [3.63, 3.8) is 0 Å². The van der Waals surface area contributed by atoms with Crippen molar-refractivity contribution in [3.05, 3.63) is 29.6 Å². The monoisotopic (exact) mass is 425 g/mol. The molecule has 1 aliphatic rings. The van der Waals surface area contributed by atoms with Crippen LogP contribution in [0.15, 0.2) is 18.3 Å². The number of pyridine rings is 1. The first-order valence-electron chi connectivity index (χ1n) is 9.63. The fourth-order valence-corrected chi connectivity index (χ4v) is 3.96. The topological polar surface area (TPSA) is 172 Å².